The van der Waals surface area contributed by atoms with Crippen LogP contribution in [0.3, 0.4) is 0 Å². The van der Waals surface area contributed by atoms with Crippen LogP contribution in [0.2, 0.25) is 10.0 Å². The molecule has 10 nitrogen and oxygen atoms in total. The molecule has 0 bridgehead atoms. The first-order chi connectivity index (χ1) is 16.0. The van der Waals surface area contributed by atoms with Crippen molar-refractivity contribution in [2.24, 2.45) is 0 Å². The predicted octanol–water partition coefficient (Wildman–Crippen LogP) is 4.87. The van der Waals surface area contributed by atoms with Crippen molar-refractivity contribution in [3.63, 3.8) is 0 Å². The molecule has 0 amide bonds. The second-order valence-electron chi connectivity index (χ2n) is 6.66. The maximum Gasteiger partial charge on any atom is 0.264 e. The van der Waals surface area contributed by atoms with Crippen molar-refractivity contribution >= 4 is 55.0 Å². The number of hydrogen-bond donors (Lipinski definition) is 2. The third kappa shape index (κ3) is 6.08. The van der Waals surface area contributed by atoms with E-state index in [9.17, 15) is 16.8 Å². The Morgan fingerprint density at radius 1 is 0.647 bits per heavy atom. The van der Waals surface area contributed by atoms with E-state index in [0.717, 1.165) is 0 Å². The van der Waals surface area contributed by atoms with E-state index in [1.807, 2.05) is 0 Å². The molecule has 0 aliphatic heterocycles. The van der Waals surface area contributed by atoms with E-state index >= 15 is 0 Å². The molecule has 0 atom stereocenters. The Labute approximate surface area is 205 Å². The summed E-state index contributed by atoms with van der Waals surface area (Å²) in [5.41, 5.74) is 0.856. The van der Waals surface area contributed by atoms with Crippen LogP contribution in [0.4, 0.5) is 11.8 Å². The highest BCUT2D eigenvalue weighted by molar-refractivity contribution is 7.93. The zero-order valence-electron chi connectivity index (χ0n) is 17.7. The fourth-order valence-electron chi connectivity index (χ4n) is 2.41. The minimum atomic E-state index is -3.69. The summed E-state index contributed by atoms with van der Waals surface area (Å²) in [6.45, 7) is 3.23. The number of nitrogens with zero attached hydrogens (tertiary/aromatic N) is 2. The van der Waals surface area contributed by atoms with Gasteiger partial charge >= 0.3 is 0 Å². The Balaban J connectivity index is 0.000000191. The molecule has 2 heterocycles. The summed E-state index contributed by atoms with van der Waals surface area (Å²) in [4.78, 5) is 0.259. The molecule has 180 valence electrons. The quantitative estimate of drug-likeness (QED) is 0.349. The number of nitrogens with one attached hydrogen (secondary N) is 2. The molecule has 0 radical (unpaired) electrons. The molecule has 0 spiro atoms. The average molecular weight is 545 g/mol. The van der Waals surface area contributed by atoms with E-state index in [-0.39, 0.29) is 31.6 Å². The Morgan fingerprint density at radius 3 is 1.24 bits per heavy atom. The standard InChI is InChI=1S/2C10H9ClN2O3S/c2*1-7-9(11)10(16-12-7)13-17(14,15)8-5-3-2-4-6-8/h2*2-6,13H,1H3. The van der Waals surface area contributed by atoms with Gasteiger partial charge in [0.25, 0.3) is 31.8 Å². The van der Waals surface area contributed by atoms with Gasteiger partial charge in [0.05, 0.1) is 9.79 Å². The first-order valence-electron chi connectivity index (χ1n) is 9.40. The second-order valence-corrected chi connectivity index (χ2v) is 10.8. The van der Waals surface area contributed by atoms with Crippen LogP contribution in [0, 0.1) is 13.8 Å². The van der Waals surface area contributed by atoms with Crippen LogP contribution in [-0.2, 0) is 20.0 Å². The van der Waals surface area contributed by atoms with Crippen molar-refractivity contribution in [1.82, 2.24) is 10.3 Å². The summed E-state index contributed by atoms with van der Waals surface area (Å²) in [5, 5.41) is 7.43. The Morgan fingerprint density at radius 2 is 0.971 bits per heavy atom. The maximum atomic E-state index is 11.9. The van der Waals surface area contributed by atoms with Crippen molar-refractivity contribution in [2.45, 2.75) is 23.6 Å². The first-order valence-corrected chi connectivity index (χ1v) is 13.1. The molecule has 0 aliphatic rings. The number of anilines is 2. The van der Waals surface area contributed by atoms with Gasteiger partial charge in [-0.2, -0.15) is 0 Å². The van der Waals surface area contributed by atoms with Crippen LogP contribution >= 0.6 is 23.2 Å². The van der Waals surface area contributed by atoms with Crippen LogP contribution in [0.25, 0.3) is 0 Å². The molecular formula is C20H18Cl2N4O6S2. The van der Waals surface area contributed by atoms with Gasteiger partial charge < -0.3 is 9.05 Å². The molecule has 2 N–H and O–H groups in total. The third-order valence-corrected chi connectivity index (χ3v) is 7.73. The number of sulfonamides is 2. The van der Waals surface area contributed by atoms with Gasteiger partial charge in [0.2, 0.25) is 0 Å². The van der Waals surface area contributed by atoms with E-state index in [2.05, 4.69) is 19.8 Å². The number of hydrogen-bond acceptors (Lipinski definition) is 8. The largest absolute Gasteiger partial charge is 0.336 e. The fraction of sp³-hybridized carbons (Fsp3) is 0.100. The third-order valence-electron chi connectivity index (χ3n) is 4.14. The lowest BCUT2D eigenvalue weighted by Gasteiger charge is -2.04. The number of aromatic nitrogens is 2. The van der Waals surface area contributed by atoms with E-state index in [0.29, 0.717) is 11.4 Å². The summed E-state index contributed by atoms with van der Waals surface area (Å²) in [7, 11) is -7.38. The molecule has 0 aliphatic carbocycles. The SMILES string of the molecule is Cc1noc(NS(=O)(=O)c2ccccc2)c1Cl.Cc1noc(NS(=O)(=O)c2ccccc2)c1Cl. The normalized spacial score (nSPS) is 11.4. The van der Waals surface area contributed by atoms with E-state index in [1.165, 1.54) is 24.3 Å². The van der Waals surface area contributed by atoms with Crippen molar-refractivity contribution in [2.75, 3.05) is 9.44 Å². The highest BCUT2D eigenvalue weighted by Crippen LogP contribution is 2.28. The van der Waals surface area contributed by atoms with Gasteiger partial charge in [-0.25, -0.2) is 26.3 Å². The van der Waals surface area contributed by atoms with Crippen LogP contribution in [0.5, 0.6) is 0 Å². The fourth-order valence-corrected chi connectivity index (χ4v) is 4.78. The van der Waals surface area contributed by atoms with Crippen LogP contribution < -0.4 is 9.44 Å². The van der Waals surface area contributed by atoms with Crippen LogP contribution in [0.15, 0.2) is 79.5 Å². The van der Waals surface area contributed by atoms with Gasteiger partial charge in [0.1, 0.15) is 21.4 Å². The predicted molar refractivity (Wildman–Crippen MR) is 127 cm³/mol. The Hall–Kier alpha value is -3.06. The number of aryl methyl sites for hydroxylation is 2. The van der Waals surface area contributed by atoms with Gasteiger partial charge in [-0.1, -0.05) is 69.9 Å². The average Bonchev–Trinajstić information content (AvgIpc) is 3.30. The summed E-state index contributed by atoms with van der Waals surface area (Å²) in [6.07, 6.45) is 0. The topological polar surface area (TPSA) is 144 Å². The minimum absolute atomic E-state index is 0.0759. The van der Waals surface area contributed by atoms with Crippen LogP contribution in [0.1, 0.15) is 11.4 Å². The Kier molecular flexibility index (Phi) is 7.87. The van der Waals surface area contributed by atoms with Gasteiger partial charge in [-0.15, -0.1) is 0 Å². The van der Waals surface area contributed by atoms with Gasteiger partial charge in [-0.3, -0.25) is 0 Å². The number of rotatable bonds is 6. The molecular weight excluding hydrogens is 527 g/mol. The van der Waals surface area contributed by atoms with Gasteiger partial charge in [-0.05, 0) is 38.1 Å². The zero-order valence-corrected chi connectivity index (χ0v) is 20.8. The highest BCUT2D eigenvalue weighted by atomic mass is 35.5. The highest BCUT2D eigenvalue weighted by Gasteiger charge is 2.20. The molecule has 14 heteroatoms. The molecule has 0 saturated heterocycles. The zero-order chi connectivity index (χ0) is 24.9. The lowest BCUT2D eigenvalue weighted by Crippen LogP contribution is -2.12. The molecule has 0 saturated carbocycles. The van der Waals surface area contributed by atoms with Crippen molar-refractivity contribution < 1.29 is 25.9 Å². The lowest BCUT2D eigenvalue weighted by molar-refractivity contribution is 0.430. The minimum Gasteiger partial charge on any atom is -0.336 e. The van der Waals surface area contributed by atoms with Gasteiger partial charge in [0, 0.05) is 0 Å². The number of benzene rings is 2. The van der Waals surface area contributed by atoms with E-state index in [4.69, 9.17) is 32.2 Å². The Bertz CT molecular complexity index is 1360. The maximum absolute atomic E-state index is 11.9. The van der Waals surface area contributed by atoms with E-state index in [1.54, 1.807) is 50.2 Å². The lowest BCUT2D eigenvalue weighted by atomic mass is 10.4. The molecule has 4 aromatic rings. The molecule has 0 fully saturated rings. The summed E-state index contributed by atoms with van der Waals surface area (Å²) >= 11 is 11.6. The smallest absolute Gasteiger partial charge is 0.264 e. The summed E-state index contributed by atoms with van der Waals surface area (Å²) in [5.74, 6) is -0.152. The summed E-state index contributed by atoms with van der Waals surface area (Å²) in [6, 6.07) is 15.8. The number of halogens is 2. The summed E-state index contributed by atoms with van der Waals surface area (Å²) < 4.78 is 61.7. The van der Waals surface area contributed by atoms with Crippen molar-refractivity contribution in [3.8, 4) is 0 Å². The van der Waals surface area contributed by atoms with Crippen molar-refractivity contribution in [3.05, 3.63) is 82.1 Å². The van der Waals surface area contributed by atoms with Crippen LogP contribution in [-0.4, -0.2) is 27.1 Å². The molecule has 0 unspecified atom stereocenters. The molecule has 2 aromatic heterocycles. The van der Waals surface area contributed by atoms with Crippen molar-refractivity contribution in [1.29, 1.82) is 0 Å². The van der Waals surface area contributed by atoms with E-state index < -0.39 is 20.0 Å². The van der Waals surface area contributed by atoms with Gasteiger partial charge in [0.15, 0.2) is 0 Å². The molecule has 2 aromatic carbocycles. The molecule has 34 heavy (non-hydrogen) atoms. The monoisotopic (exact) mass is 544 g/mol. The first kappa shape index (κ1) is 25.6. The molecule has 4 rings (SSSR count). The second kappa shape index (κ2) is 10.5.